The molecule has 0 radical (unpaired) electrons. The molecule has 1 aromatic carbocycles. The van der Waals surface area contributed by atoms with Crippen LogP contribution in [-0.4, -0.2) is 54.4 Å². The Balaban J connectivity index is 2.94. The van der Waals surface area contributed by atoms with E-state index < -0.39 is 0 Å². The number of hydrogen-bond donors (Lipinski definition) is 4. The first-order valence-electron chi connectivity index (χ1n) is 6.07. The van der Waals surface area contributed by atoms with Crippen LogP contribution in [0.3, 0.4) is 0 Å². The van der Waals surface area contributed by atoms with Crippen molar-refractivity contribution in [2.75, 3.05) is 33.4 Å². The van der Waals surface area contributed by atoms with E-state index in [0.717, 1.165) is 5.56 Å². The number of amidine groups is 1. The van der Waals surface area contributed by atoms with Gasteiger partial charge in [0.25, 0.3) is 0 Å². The Kier molecular flexibility index (Phi) is 6.27. The van der Waals surface area contributed by atoms with Crippen molar-refractivity contribution in [3.05, 3.63) is 29.3 Å². The van der Waals surface area contributed by atoms with Gasteiger partial charge in [-0.25, -0.2) is 0 Å². The van der Waals surface area contributed by atoms with Crippen molar-refractivity contribution in [3.63, 3.8) is 0 Å². The van der Waals surface area contributed by atoms with Gasteiger partial charge in [0.05, 0.1) is 20.3 Å². The Bertz CT molecular complexity index is 418. The summed E-state index contributed by atoms with van der Waals surface area (Å²) in [4.78, 5) is 1.90. The number of ether oxygens (including phenoxy) is 1. The van der Waals surface area contributed by atoms with Gasteiger partial charge in [0, 0.05) is 30.8 Å². The summed E-state index contributed by atoms with van der Waals surface area (Å²) in [5.41, 5.74) is 6.97. The molecule has 19 heavy (non-hydrogen) atoms. The zero-order valence-electron chi connectivity index (χ0n) is 11.1. The molecule has 106 valence electrons. The third-order valence-electron chi connectivity index (χ3n) is 2.82. The predicted octanol–water partition coefficient (Wildman–Crippen LogP) is -0.234. The van der Waals surface area contributed by atoms with Crippen molar-refractivity contribution >= 4 is 5.84 Å². The van der Waals surface area contributed by atoms with Gasteiger partial charge in [-0.05, 0) is 18.2 Å². The summed E-state index contributed by atoms with van der Waals surface area (Å²) in [5, 5.41) is 25.5. The van der Waals surface area contributed by atoms with E-state index in [-0.39, 0.29) is 19.0 Å². The molecule has 6 nitrogen and oxygen atoms in total. The van der Waals surface area contributed by atoms with Crippen LogP contribution in [-0.2, 0) is 6.54 Å². The third-order valence-corrected chi connectivity index (χ3v) is 2.82. The van der Waals surface area contributed by atoms with E-state index in [4.69, 9.17) is 26.1 Å². The van der Waals surface area contributed by atoms with Gasteiger partial charge in [-0.1, -0.05) is 0 Å². The number of nitrogens with one attached hydrogen (secondary N) is 1. The van der Waals surface area contributed by atoms with Crippen molar-refractivity contribution in [1.82, 2.24) is 4.90 Å². The number of rotatable bonds is 8. The summed E-state index contributed by atoms with van der Waals surface area (Å²) in [6.45, 7) is 1.50. The number of methoxy groups -OCH3 is 1. The Morgan fingerprint density at radius 2 is 1.95 bits per heavy atom. The zero-order chi connectivity index (χ0) is 14.3. The summed E-state index contributed by atoms with van der Waals surface area (Å²) in [5.74, 6) is 0.700. The van der Waals surface area contributed by atoms with Crippen LogP contribution >= 0.6 is 0 Å². The molecule has 0 aromatic heterocycles. The molecule has 0 spiro atoms. The average molecular weight is 267 g/mol. The van der Waals surface area contributed by atoms with E-state index >= 15 is 0 Å². The van der Waals surface area contributed by atoms with Crippen molar-refractivity contribution in [1.29, 1.82) is 5.41 Å². The minimum atomic E-state index is -0.000213. The number of nitrogens with two attached hydrogens (primary N) is 1. The van der Waals surface area contributed by atoms with Crippen LogP contribution in [0.2, 0.25) is 0 Å². The van der Waals surface area contributed by atoms with Crippen molar-refractivity contribution in [3.8, 4) is 5.75 Å². The molecular weight excluding hydrogens is 246 g/mol. The second-order valence-electron chi connectivity index (χ2n) is 4.16. The lowest BCUT2D eigenvalue weighted by Gasteiger charge is -2.21. The monoisotopic (exact) mass is 267 g/mol. The van der Waals surface area contributed by atoms with Crippen LogP contribution in [0.4, 0.5) is 0 Å². The molecule has 1 aromatic rings. The number of aliphatic hydroxyl groups is 2. The molecule has 0 amide bonds. The summed E-state index contributed by atoms with van der Waals surface area (Å²) in [6.07, 6.45) is 0. The van der Waals surface area contributed by atoms with Gasteiger partial charge in [0.15, 0.2) is 0 Å². The van der Waals surface area contributed by atoms with Crippen LogP contribution in [0, 0.1) is 5.41 Å². The Morgan fingerprint density at radius 1 is 1.32 bits per heavy atom. The van der Waals surface area contributed by atoms with Gasteiger partial charge in [0.2, 0.25) is 0 Å². The number of hydrogen-bond acceptors (Lipinski definition) is 5. The van der Waals surface area contributed by atoms with E-state index in [0.29, 0.717) is 30.9 Å². The fourth-order valence-electron chi connectivity index (χ4n) is 1.86. The van der Waals surface area contributed by atoms with Crippen LogP contribution in [0.1, 0.15) is 11.1 Å². The van der Waals surface area contributed by atoms with Gasteiger partial charge in [-0.3, -0.25) is 10.3 Å². The summed E-state index contributed by atoms with van der Waals surface area (Å²) in [6, 6.07) is 5.29. The Morgan fingerprint density at radius 3 is 2.42 bits per heavy atom. The van der Waals surface area contributed by atoms with Crippen LogP contribution < -0.4 is 10.5 Å². The van der Waals surface area contributed by atoms with Gasteiger partial charge in [-0.2, -0.15) is 0 Å². The van der Waals surface area contributed by atoms with Gasteiger partial charge < -0.3 is 20.7 Å². The van der Waals surface area contributed by atoms with Crippen molar-refractivity contribution in [2.24, 2.45) is 5.73 Å². The molecule has 6 heteroatoms. The van der Waals surface area contributed by atoms with Crippen LogP contribution in [0.25, 0.3) is 0 Å². The maximum atomic E-state index is 9.00. The number of benzene rings is 1. The van der Waals surface area contributed by atoms with E-state index in [1.165, 1.54) is 0 Å². The fourth-order valence-corrected chi connectivity index (χ4v) is 1.86. The molecule has 0 saturated carbocycles. The molecular formula is C13H21N3O3. The highest BCUT2D eigenvalue weighted by Crippen LogP contribution is 2.21. The van der Waals surface area contributed by atoms with E-state index in [1.807, 2.05) is 4.90 Å². The minimum absolute atomic E-state index is 0.000213. The lowest BCUT2D eigenvalue weighted by atomic mass is 10.1. The highest BCUT2D eigenvalue weighted by molar-refractivity contribution is 5.95. The first-order chi connectivity index (χ1) is 9.12. The van der Waals surface area contributed by atoms with E-state index in [1.54, 1.807) is 25.3 Å². The Labute approximate surface area is 112 Å². The summed E-state index contributed by atoms with van der Waals surface area (Å²) < 4.78 is 5.27. The maximum absolute atomic E-state index is 9.00. The lowest BCUT2D eigenvalue weighted by molar-refractivity contribution is 0.155. The number of aliphatic hydroxyl groups excluding tert-OH is 2. The van der Waals surface area contributed by atoms with Gasteiger partial charge >= 0.3 is 0 Å². The van der Waals surface area contributed by atoms with E-state index in [9.17, 15) is 0 Å². The molecule has 1 rings (SSSR count). The fraction of sp³-hybridized carbons (Fsp3) is 0.462. The number of nitrogen functional groups attached to an aromatic ring is 1. The van der Waals surface area contributed by atoms with Crippen LogP contribution in [0.5, 0.6) is 5.75 Å². The minimum Gasteiger partial charge on any atom is -0.496 e. The molecule has 0 saturated heterocycles. The molecule has 0 aliphatic rings. The molecule has 0 atom stereocenters. The normalized spacial score (nSPS) is 10.7. The predicted molar refractivity (Wildman–Crippen MR) is 73.5 cm³/mol. The first kappa shape index (κ1) is 15.4. The SMILES string of the molecule is COc1ccc(C(=N)N)cc1CN(CCO)CCO. The van der Waals surface area contributed by atoms with Gasteiger partial charge in [-0.15, -0.1) is 0 Å². The molecule has 0 unspecified atom stereocenters. The molecule has 0 aliphatic carbocycles. The topological polar surface area (TPSA) is 103 Å². The third kappa shape index (κ3) is 4.51. The lowest BCUT2D eigenvalue weighted by Crippen LogP contribution is -2.29. The molecule has 0 fully saturated rings. The smallest absolute Gasteiger partial charge is 0.123 e. The summed E-state index contributed by atoms with van der Waals surface area (Å²) >= 11 is 0. The van der Waals surface area contributed by atoms with Crippen molar-refractivity contribution < 1.29 is 14.9 Å². The Hall–Kier alpha value is -1.63. The molecule has 0 aliphatic heterocycles. The average Bonchev–Trinajstić information content (AvgIpc) is 2.39. The molecule has 0 bridgehead atoms. The second kappa shape index (κ2) is 7.73. The van der Waals surface area contributed by atoms with E-state index in [2.05, 4.69) is 0 Å². The van der Waals surface area contributed by atoms with Crippen LogP contribution in [0.15, 0.2) is 18.2 Å². The zero-order valence-corrected chi connectivity index (χ0v) is 11.1. The first-order valence-corrected chi connectivity index (χ1v) is 6.07. The second-order valence-corrected chi connectivity index (χ2v) is 4.16. The van der Waals surface area contributed by atoms with Crippen molar-refractivity contribution in [2.45, 2.75) is 6.54 Å². The van der Waals surface area contributed by atoms with Gasteiger partial charge in [0.1, 0.15) is 11.6 Å². The molecule has 0 heterocycles. The standard InChI is InChI=1S/C13H21N3O3/c1-19-12-3-2-10(13(14)15)8-11(12)9-16(4-6-17)5-7-18/h2-3,8,17-18H,4-7,9H2,1H3,(H3,14,15). The maximum Gasteiger partial charge on any atom is 0.123 e. The highest BCUT2D eigenvalue weighted by atomic mass is 16.5. The highest BCUT2D eigenvalue weighted by Gasteiger charge is 2.11. The molecule has 5 N–H and O–H groups in total. The number of nitrogens with zero attached hydrogens (tertiary/aromatic N) is 1. The largest absolute Gasteiger partial charge is 0.496 e. The quantitative estimate of drug-likeness (QED) is 0.385. The summed E-state index contributed by atoms with van der Waals surface area (Å²) in [7, 11) is 1.58.